The van der Waals surface area contributed by atoms with Crippen LogP contribution in [0, 0.1) is 10.1 Å². The average Bonchev–Trinajstić information content (AvgIpc) is 2.83. The smallest absolute Gasteiger partial charge is 0.287 e. The molecular weight excluding hydrogens is 408 g/mol. The maximum Gasteiger partial charge on any atom is 0.287 e. The van der Waals surface area contributed by atoms with Crippen LogP contribution >= 0.6 is 0 Å². The van der Waals surface area contributed by atoms with Crippen molar-refractivity contribution < 1.29 is 14.4 Å². The second-order valence-electron chi connectivity index (χ2n) is 6.87. The molecule has 0 aliphatic rings. The van der Waals surface area contributed by atoms with Gasteiger partial charge in [-0.15, -0.1) is 0 Å². The summed E-state index contributed by atoms with van der Waals surface area (Å²) in [6.45, 7) is 0.392. The SMILES string of the molecule is COc1ccc(/C=N\Nc2ccc([N+](=O)[O-])cn2)cc1OCc1cccc2ccccc12. The molecule has 3 aromatic carbocycles. The van der Waals surface area contributed by atoms with Crippen LogP contribution in [0.2, 0.25) is 0 Å². The number of pyridine rings is 1. The third kappa shape index (κ3) is 4.81. The van der Waals surface area contributed by atoms with E-state index < -0.39 is 4.92 Å². The third-order valence-electron chi connectivity index (χ3n) is 4.80. The van der Waals surface area contributed by atoms with E-state index in [1.54, 1.807) is 13.3 Å². The lowest BCUT2D eigenvalue weighted by Gasteiger charge is -2.13. The highest BCUT2D eigenvalue weighted by atomic mass is 16.6. The summed E-state index contributed by atoms with van der Waals surface area (Å²) in [4.78, 5) is 14.1. The van der Waals surface area contributed by atoms with Gasteiger partial charge in [0.25, 0.3) is 5.69 Å². The van der Waals surface area contributed by atoms with Crippen molar-refractivity contribution in [1.82, 2.24) is 4.98 Å². The molecule has 32 heavy (non-hydrogen) atoms. The van der Waals surface area contributed by atoms with Gasteiger partial charge in [-0.3, -0.25) is 15.5 Å². The molecule has 4 rings (SSSR count). The number of hydrogen-bond donors (Lipinski definition) is 1. The molecule has 160 valence electrons. The lowest BCUT2D eigenvalue weighted by atomic mass is 10.1. The number of hydrogen-bond acceptors (Lipinski definition) is 7. The first-order valence-electron chi connectivity index (χ1n) is 9.81. The molecule has 4 aromatic rings. The van der Waals surface area contributed by atoms with Gasteiger partial charge in [-0.25, -0.2) is 4.98 Å². The minimum absolute atomic E-state index is 0.0809. The number of hydrazone groups is 1. The van der Waals surface area contributed by atoms with Crippen LogP contribution in [0.4, 0.5) is 11.5 Å². The van der Waals surface area contributed by atoms with Crippen molar-refractivity contribution in [3.05, 3.63) is 100 Å². The molecule has 0 aliphatic heterocycles. The lowest BCUT2D eigenvalue weighted by molar-refractivity contribution is -0.385. The fraction of sp³-hybridized carbons (Fsp3) is 0.0833. The highest BCUT2D eigenvalue weighted by Gasteiger charge is 2.08. The minimum atomic E-state index is -0.503. The van der Waals surface area contributed by atoms with E-state index in [0.717, 1.165) is 21.9 Å². The number of benzene rings is 3. The van der Waals surface area contributed by atoms with Crippen LogP contribution in [0.1, 0.15) is 11.1 Å². The molecule has 8 nitrogen and oxygen atoms in total. The Morgan fingerprint density at radius 3 is 2.69 bits per heavy atom. The molecule has 0 saturated carbocycles. The van der Waals surface area contributed by atoms with E-state index in [-0.39, 0.29) is 5.69 Å². The predicted molar refractivity (Wildman–Crippen MR) is 123 cm³/mol. The van der Waals surface area contributed by atoms with E-state index >= 15 is 0 Å². The molecule has 1 aromatic heterocycles. The molecule has 0 spiro atoms. The number of nitrogens with one attached hydrogen (secondary N) is 1. The Morgan fingerprint density at radius 2 is 1.91 bits per heavy atom. The maximum atomic E-state index is 10.7. The van der Waals surface area contributed by atoms with Gasteiger partial charge in [-0.1, -0.05) is 42.5 Å². The molecule has 0 fully saturated rings. The first-order chi connectivity index (χ1) is 15.6. The molecule has 0 amide bonds. The summed E-state index contributed by atoms with van der Waals surface area (Å²) in [6.07, 6.45) is 2.78. The number of fused-ring (bicyclic) bond motifs is 1. The van der Waals surface area contributed by atoms with E-state index in [1.807, 2.05) is 42.5 Å². The van der Waals surface area contributed by atoms with Crippen molar-refractivity contribution in [1.29, 1.82) is 0 Å². The molecule has 8 heteroatoms. The van der Waals surface area contributed by atoms with Gasteiger partial charge in [0, 0.05) is 6.07 Å². The molecule has 0 radical (unpaired) electrons. The van der Waals surface area contributed by atoms with Gasteiger partial charge in [0.15, 0.2) is 11.5 Å². The zero-order valence-electron chi connectivity index (χ0n) is 17.3. The lowest BCUT2D eigenvalue weighted by Crippen LogP contribution is -2.00. The summed E-state index contributed by atoms with van der Waals surface area (Å²) < 4.78 is 11.5. The van der Waals surface area contributed by atoms with Crippen LogP contribution < -0.4 is 14.9 Å². The molecule has 1 heterocycles. The molecule has 0 atom stereocenters. The average molecular weight is 428 g/mol. The standard InChI is InChI=1S/C24H20N4O4/c1-31-22-11-9-17(14-26-27-24-12-10-20(15-25-24)28(29)30)13-23(22)32-16-19-7-4-6-18-5-2-3-8-21(18)19/h2-15H,16H2,1H3,(H,25,27)/b26-14-. The summed E-state index contributed by atoms with van der Waals surface area (Å²) in [5.41, 5.74) is 4.53. The topological polar surface area (TPSA) is 98.9 Å². The minimum Gasteiger partial charge on any atom is -0.493 e. The van der Waals surface area contributed by atoms with E-state index in [2.05, 4.69) is 33.7 Å². The van der Waals surface area contributed by atoms with E-state index in [9.17, 15) is 10.1 Å². The fourth-order valence-corrected chi connectivity index (χ4v) is 3.19. The fourth-order valence-electron chi connectivity index (χ4n) is 3.19. The Kier molecular flexibility index (Phi) is 6.22. The normalized spacial score (nSPS) is 10.9. The highest BCUT2D eigenvalue weighted by Crippen LogP contribution is 2.29. The number of rotatable bonds is 8. The molecule has 0 saturated heterocycles. The third-order valence-corrected chi connectivity index (χ3v) is 4.80. The highest BCUT2D eigenvalue weighted by molar-refractivity contribution is 5.85. The number of nitrogens with zero attached hydrogens (tertiary/aromatic N) is 3. The van der Waals surface area contributed by atoms with Crippen LogP contribution in [-0.4, -0.2) is 23.2 Å². The summed E-state index contributed by atoms with van der Waals surface area (Å²) in [6, 6.07) is 22.6. The molecule has 0 aliphatic carbocycles. The van der Waals surface area contributed by atoms with Crippen molar-refractivity contribution in [3.63, 3.8) is 0 Å². The van der Waals surface area contributed by atoms with Gasteiger partial charge in [-0.05, 0) is 46.2 Å². The monoisotopic (exact) mass is 428 g/mol. The second kappa shape index (κ2) is 9.57. The van der Waals surface area contributed by atoms with Gasteiger partial charge < -0.3 is 9.47 Å². The predicted octanol–water partition coefficient (Wildman–Crippen LogP) is 5.18. The number of anilines is 1. The van der Waals surface area contributed by atoms with Crippen LogP contribution in [-0.2, 0) is 6.61 Å². The van der Waals surface area contributed by atoms with Gasteiger partial charge in [0.1, 0.15) is 18.6 Å². The first-order valence-corrected chi connectivity index (χ1v) is 9.81. The van der Waals surface area contributed by atoms with Crippen LogP contribution in [0.3, 0.4) is 0 Å². The molecule has 0 unspecified atom stereocenters. The first kappa shape index (κ1) is 20.8. The van der Waals surface area contributed by atoms with Gasteiger partial charge in [-0.2, -0.15) is 5.10 Å². The number of nitro groups is 1. The number of aromatic nitrogens is 1. The van der Waals surface area contributed by atoms with Gasteiger partial charge >= 0.3 is 0 Å². The molecule has 0 bridgehead atoms. The summed E-state index contributed by atoms with van der Waals surface area (Å²) in [7, 11) is 1.59. The van der Waals surface area contributed by atoms with E-state index in [4.69, 9.17) is 9.47 Å². The Hall–Kier alpha value is -4.46. The summed E-state index contributed by atoms with van der Waals surface area (Å²) in [5, 5.41) is 17.1. The quantitative estimate of drug-likeness (QED) is 0.236. The van der Waals surface area contributed by atoms with Crippen LogP contribution in [0.25, 0.3) is 10.8 Å². The molecule has 1 N–H and O–H groups in total. The van der Waals surface area contributed by atoms with Crippen molar-refractivity contribution >= 4 is 28.5 Å². The van der Waals surface area contributed by atoms with Gasteiger partial charge in [0.2, 0.25) is 0 Å². The zero-order valence-corrected chi connectivity index (χ0v) is 17.3. The molecular formula is C24H20N4O4. The van der Waals surface area contributed by atoms with Crippen LogP contribution in [0.15, 0.2) is 84.1 Å². The van der Waals surface area contributed by atoms with Gasteiger partial charge in [0.05, 0.1) is 18.2 Å². The van der Waals surface area contributed by atoms with Crippen molar-refractivity contribution in [2.45, 2.75) is 6.61 Å². The van der Waals surface area contributed by atoms with E-state index in [0.29, 0.717) is 23.9 Å². The maximum absolute atomic E-state index is 10.7. The summed E-state index contributed by atoms with van der Waals surface area (Å²) >= 11 is 0. The Morgan fingerprint density at radius 1 is 1.06 bits per heavy atom. The number of ether oxygens (including phenoxy) is 2. The zero-order chi connectivity index (χ0) is 22.3. The van der Waals surface area contributed by atoms with Crippen molar-refractivity contribution in [3.8, 4) is 11.5 Å². The Bertz CT molecular complexity index is 1270. The Balaban J connectivity index is 1.47. The van der Waals surface area contributed by atoms with Crippen LogP contribution in [0.5, 0.6) is 11.5 Å². The Labute approximate surface area is 184 Å². The van der Waals surface area contributed by atoms with Crippen molar-refractivity contribution in [2.24, 2.45) is 5.10 Å². The second-order valence-corrected chi connectivity index (χ2v) is 6.87. The van der Waals surface area contributed by atoms with E-state index in [1.165, 1.54) is 18.3 Å². The largest absolute Gasteiger partial charge is 0.493 e. The van der Waals surface area contributed by atoms with Crippen molar-refractivity contribution in [2.75, 3.05) is 12.5 Å². The summed E-state index contributed by atoms with van der Waals surface area (Å²) in [5.74, 6) is 1.61. The number of methoxy groups -OCH3 is 1.